The second-order valence-electron chi connectivity index (χ2n) is 3.68. The van der Waals surface area contributed by atoms with E-state index in [9.17, 15) is 13.2 Å². The minimum absolute atomic E-state index is 0.0240. The van der Waals surface area contributed by atoms with Crippen molar-refractivity contribution in [1.82, 2.24) is 10.0 Å². The molecule has 100 valence electrons. The third-order valence-corrected chi connectivity index (χ3v) is 3.67. The van der Waals surface area contributed by atoms with Crippen molar-refractivity contribution in [3.8, 4) is 0 Å². The number of sulfonamides is 1. The number of anilines is 1. The van der Waals surface area contributed by atoms with Crippen LogP contribution in [0.5, 0.6) is 0 Å². The fourth-order valence-electron chi connectivity index (χ4n) is 1.27. The molecule has 0 saturated heterocycles. The zero-order valence-electron chi connectivity index (χ0n) is 10.1. The molecule has 0 aliphatic heterocycles. The molecule has 1 aromatic rings. The van der Waals surface area contributed by atoms with Crippen LogP contribution < -0.4 is 15.8 Å². The van der Waals surface area contributed by atoms with Gasteiger partial charge in [0.1, 0.15) is 0 Å². The Kier molecular flexibility index (Phi) is 5.11. The van der Waals surface area contributed by atoms with E-state index in [-0.39, 0.29) is 24.7 Å². The molecule has 0 spiro atoms. The second kappa shape index (κ2) is 6.36. The van der Waals surface area contributed by atoms with Crippen LogP contribution >= 0.6 is 0 Å². The van der Waals surface area contributed by atoms with Gasteiger partial charge in [-0.1, -0.05) is 6.07 Å². The van der Waals surface area contributed by atoms with Crippen LogP contribution in [-0.4, -0.2) is 33.2 Å². The molecule has 0 fully saturated rings. The smallest absolute Gasteiger partial charge is 0.251 e. The fraction of sp³-hybridized carbons (Fsp3) is 0.364. The number of nitrogen functional groups attached to an aromatic ring is 1. The normalized spacial score (nSPS) is 11.2. The SMILES string of the molecule is CCS(=O)(=O)NCCNC(=O)c1cccc(N)c1. The number of carbonyl (C=O) groups is 1. The predicted octanol–water partition coefficient (Wildman–Crippen LogP) is -0.0621. The average Bonchev–Trinajstić information content (AvgIpc) is 2.34. The molecular formula is C11H17N3O3S. The van der Waals surface area contributed by atoms with Crippen molar-refractivity contribution in [2.75, 3.05) is 24.6 Å². The molecule has 0 unspecified atom stereocenters. The quantitative estimate of drug-likeness (QED) is 0.498. The van der Waals surface area contributed by atoms with Crippen LogP contribution in [0.1, 0.15) is 17.3 Å². The molecule has 6 nitrogen and oxygen atoms in total. The van der Waals surface area contributed by atoms with Crippen LogP contribution in [0.15, 0.2) is 24.3 Å². The summed E-state index contributed by atoms with van der Waals surface area (Å²) in [6, 6.07) is 6.57. The first kappa shape index (κ1) is 14.5. The Morgan fingerprint density at radius 2 is 2.06 bits per heavy atom. The maximum absolute atomic E-state index is 11.6. The molecule has 1 aromatic carbocycles. The Morgan fingerprint density at radius 1 is 1.33 bits per heavy atom. The molecule has 0 radical (unpaired) electrons. The van der Waals surface area contributed by atoms with Crippen LogP contribution in [0.25, 0.3) is 0 Å². The van der Waals surface area contributed by atoms with Gasteiger partial charge >= 0.3 is 0 Å². The lowest BCUT2D eigenvalue weighted by molar-refractivity contribution is 0.0954. The number of benzene rings is 1. The van der Waals surface area contributed by atoms with Crippen LogP contribution in [0.2, 0.25) is 0 Å². The lowest BCUT2D eigenvalue weighted by Crippen LogP contribution is -2.35. The molecule has 1 amide bonds. The van der Waals surface area contributed by atoms with Gasteiger partial charge < -0.3 is 11.1 Å². The zero-order valence-corrected chi connectivity index (χ0v) is 11.0. The summed E-state index contributed by atoms with van der Waals surface area (Å²) in [5.74, 6) is -0.256. The maximum Gasteiger partial charge on any atom is 0.251 e. The Morgan fingerprint density at radius 3 is 2.67 bits per heavy atom. The van der Waals surface area contributed by atoms with Crippen LogP contribution in [-0.2, 0) is 10.0 Å². The molecule has 0 aliphatic carbocycles. The van der Waals surface area contributed by atoms with Crippen molar-refractivity contribution in [3.05, 3.63) is 29.8 Å². The first-order chi connectivity index (χ1) is 8.44. The van der Waals surface area contributed by atoms with Crippen molar-refractivity contribution < 1.29 is 13.2 Å². The van der Waals surface area contributed by atoms with Gasteiger partial charge in [-0.2, -0.15) is 0 Å². The highest BCUT2D eigenvalue weighted by Crippen LogP contribution is 2.05. The summed E-state index contributed by atoms with van der Waals surface area (Å²) in [5.41, 5.74) is 6.52. The first-order valence-electron chi connectivity index (χ1n) is 5.55. The maximum atomic E-state index is 11.6. The highest BCUT2D eigenvalue weighted by molar-refractivity contribution is 7.89. The van der Waals surface area contributed by atoms with Crippen molar-refractivity contribution >= 4 is 21.6 Å². The molecule has 0 heterocycles. The molecule has 7 heteroatoms. The second-order valence-corrected chi connectivity index (χ2v) is 5.77. The summed E-state index contributed by atoms with van der Waals surface area (Å²) < 4.78 is 24.6. The van der Waals surface area contributed by atoms with E-state index in [1.165, 1.54) is 0 Å². The largest absolute Gasteiger partial charge is 0.399 e. The van der Waals surface area contributed by atoms with E-state index >= 15 is 0 Å². The summed E-state index contributed by atoms with van der Waals surface area (Å²) in [5, 5.41) is 2.60. The number of hydrogen-bond donors (Lipinski definition) is 3. The van der Waals surface area contributed by atoms with Gasteiger partial charge in [0, 0.05) is 24.3 Å². The Labute approximate surface area is 107 Å². The van der Waals surface area contributed by atoms with Crippen molar-refractivity contribution in [2.24, 2.45) is 0 Å². The molecule has 4 N–H and O–H groups in total. The number of nitrogens with one attached hydrogen (secondary N) is 2. The van der Waals surface area contributed by atoms with Gasteiger partial charge in [-0.25, -0.2) is 13.1 Å². The van der Waals surface area contributed by atoms with E-state index in [4.69, 9.17) is 5.73 Å². The minimum Gasteiger partial charge on any atom is -0.399 e. The van der Waals surface area contributed by atoms with Crippen molar-refractivity contribution in [3.63, 3.8) is 0 Å². The molecule has 1 rings (SSSR count). The minimum atomic E-state index is -3.21. The van der Waals surface area contributed by atoms with E-state index in [0.717, 1.165) is 0 Å². The monoisotopic (exact) mass is 271 g/mol. The van der Waals surface area contributed by atoms with Gasteiger partial charge in [0.05, 0.1) is 5.75 Å². The standard InChI is InChI=1S/C11H17N3O3S/c1-2-18(16,17)14-7-6-13-11(15)9-4-3-5-10(12)8-9/h3-5,8,14H,2,6-7,12H2,1H3,(H,13,15). The summed E-state index contributed by atoms with van der Waals surface area (Å²) in [4.78, 5) is 11.6. The summed E-state index contributed by atoms with van der Waals surface area (Å²) in [7, 11) is -3.21. The molecule has 0 aromatic heterocycles. The summed E-state index contributed by atoms with van der Waals surface area (Å²) >= 11 is 0. The van der Waals surface area contributed by atoms with Crippen LogP contribution in [0.4, 0.5) is 5.69 Å². The van der Waals surface area contributed by atoms with Crippen LogP contribution in [0, 0.1) is 0 Å². The van der Waals surface area contributed by atoms with Crippen molar-refractivity contribution in [2.45, 2.75) is 6.92 Å². The number of hydrogen-bond acceptors (Lipinski definition) is 4. The number of rotatable bonds is 6. The van der Waals surface area contributed by atoms with Gasteiger partial charge in [-0.05, 0) is 25.1 Å². The zero-order chi connectivity index (χ0) is 13.6. The highest BCUT2D eigenvalue weighted by Gasteiger charge is 2.07. The third kappa shape index (κ3) is 4.72. The average molecular weight is 271 g/mol. The number of nitrogens with two attached hydrogens (primary N) is 1. The molecule has 0 atom stereocenters. The van der Waals surface area contributed by atoms with Crippen LogP contribution in [0.3, 0.4) is 0 Å². The number of carbonyl (C=O) groups excluding carboxylic acids is 1. The van der Waals surface area contributed by atoms with E-state index in [1.807, 2.05) is 0 Å². The highest BCUT2D eigenvalue weighted by atomic mass is 32.2. The first-order valence-corrected chi connectivity index (χ1v) is 7.21. The Bertz CT molecular complexity index is 514. The Hall–Kier alpha value is -1.60. The van der Waals surface area contributed by atoms with Gasteiger partial charge in [-0.3, -0.25) is 4.79 Å². The lowest BCUT2D eigenvalue weighted by Gasteiger charge is -2.07. The number of amides is 1. The van der Waals surface area contributed by atoms with E-state index in [1.54, 1.807) is 31.2 Å². The molecule has 0 aliphatic rings. The van der Waals surface area contributed by atoms with E-state index in [0.29, 0.717) is 11.3 Å². The Balaban J connectivity index is 2.39. The molecule has 18 heavy (non-hydrogen) atoms. The fourth-order valence-corrected chi connectivity index (χ4v) is 1.88. The molecule has 0 saturated carbocycles. The van der Waals surface area contributed by atoms with Gasteiger partial charge in [0.15, 0.2) is 0 Å². The van der Waals surface area contributed by atoms with Crippen molar-refractivity contribution in [1.29, 1.82) is 0 Å². The third-order valence-electron chi connectivity index (χ3n) is 2.26. The topological polar surface area (TPSA) is 101 Å². The summed E-state index contributed by atoms with van der Waals surface area (Å²) in [6.45, 7) is 1.95. The van der Waals surface area contributed by atoms with Gasteiger partial charge in [0.25, 0.3) is 5.91 Å². The summed E-state index contributed by atoms with van der Waals surface area (Å²) in [6.07, 6.45) is 0. The molecular weight excluding hydrogens is 254 g/mol. The predicted molar refractivity (Wildman–Crippen MR) is 70.7 cm³/mol. The molecule has 0 bridgehead atoms. The van der Waals surface area contributed by atoms with Gasteiger partial charge in [0.2, 0.25) is 10.0 Å². The van der Waals surface area contributed by atoms with E-state index in [2.05, 4.69) is 10.0 Å². The lowest BCUT2D eigenvalue weighted by atomic mass is 10.2. The van der Waals surface area contributed by atoms with E-state index < -0.39 is 10.0 Å². The van der Waals surface area contributed by atoms with Gasteiger partial charge in [-0.15, -0.1) is 0 Å².